The third-order valence-corrected chi connectivity index (χ3v) is 3.04. The Hall–Kier alpha value is -1.14. The van der Waals surface area contributed by atoms with Crippen LogP contribution in [-0.2, 0) is 9.59 Å². The Morgan fingerprint density at radius 2 is 2.00 bits per heavy atom. The first kappa shape index (κ1) is 14.9. The quantitative estimate of drug-likeness (QED) is 0.585. The lowest BCUT2D eigenvalue weighted by molar-refractivity contribution is -0.137. The molecule has 104 valence electrons. The van der Waals surface area contributed by atoms with Gasteiger partial charge in [0, 0.05) is 32.2 Å². The van der Waals surface area contributed by atoms with Crippen LogP contribution in [0.3, 0.4) is 0 Å². The van der Waals surface area contributed by atoms with Crippen molar-refractivity contribution in [3.05, 3.63) is 0 Å². The average Bonchev–Trinajstić information content (AvgIpc) is 2.36. The molecule has 0 radical (unpaired) electrons. The zero-order valence-corrected chi connectivity index (χ0v) is 11.5. The summed E-state index contributed by atoms with van der Waals surface area (Å²) in [7, 11) is 0. The average molecular weight is 256 g/mol. The summed E-state index contributed by atoms with van der Waals surface area (Å²) in [5.74, 6) is -0.118. The van der Waals surface area contributed by atoms with Crippen LogP contribution < -0.4 is 16.0 Å². The first-order valence-electron chi connectivity index (χ1n) is 6.60. The summed E-state index contributed by atoms with van der Waals surface area (Å²) in [5, 5.41) is 9.17. The van der Waals surface area contributed by atoms with E-state index in [0.717, 1.165) is 6.54 Å². The van der Waals surface area contributed by atoms with Gasteiger partial charge in [0.2, 0.25) is 11.8 Å². The van der Waals surface area contributed by atoms with E-state index in [-0.39, 0.29) is 24.4 Å². The second kappa shape index (κ2) is 7.33. The van der Waals surface area contributed by atoms with Gasteiger partial charge < -0.3 is 20.9 Å². The zero-order chi connectivity index (χ0) is 13.5. The monoisotopic (exact) mass is 256 g/mol. The smallest absolute Gasteiger partial charge is 0.241 e. The number of piperazine rings is 1. The number of amides is 2. The number of nitrogens with zero attached hydrogens (tertiary/aromatic N) is 1. The normalized spacial score (nSPS) is 23.5. The lowest BCUT2D eigenvalue weighted by Gasteiger charge is -2.32. The van der Waals surface area contributed by atoms with Crippen LogP contribution in [0.1, 0.15) is 20.8 Å². The summed E-state index contributed by atoms with van der Waals surface area (Å²) in [6, 6.07) is 0.156. The van der Waals surface area contributed by atoms with Gasteiger partial charge in [0.1, 0.15) is 0 Å². The van der Waals surface area contributed by atoms with Gasteiger partial charge in [-0.15, -0.1) is 0 Å². The van der Waals surface area contributed by atoms with E-state index >= 15 is 0 Å². The minimum Gasteiger partial charge on any atom is -0.355 e. The van der Waals surface area contributed by atoms with Crippen molar-refractivity contribution >= 4 is 11.8 Å². The third-order valence-electron chi connectivity index (χ3n) is 3.04. The molecule has 6 heteroatoms. The van der Waals surface area contributed by atoms with Crippen LogP contribution in [0.25, 0.3) is 0 Å². The lowest BCUT2D eigenvalue weighted by atomic mass is 10.1. The molecular weight excluding hydrogens is 232 g/mol. The molecule has 1 fully saturated rings. The minimum absolute atomic E-state index is 0.0110. The van der Waals surface area contributed by atoms with E-state index in [1.807, 2.05) is 13.8 Å². The van der Waals surface area contributed by atoms with Crippen LogP contribution in [0.5, 0.6) is 0 Å². The van der Waals surface area contributed by atoms with E-state index in [0.29, 0.717) is 25.7 Å². The molecule has 2 unspecified atom stereocenters. The minimum atomic E-state index is -0.226. The molecule has 0 aromatic rings. The summed E-state index contributed by atoms with van der Waals surface area (Å²) in [6.45, 7) is 8.48. The number of carbonyl (C=O) groups is 2. The van der Waals surface area contributed by atoms with Gasteiger partial charge in [0.05, 0.1) is 12.6 Å². The maximum absolute atomic E-state index is 12.2. The molecule has 0 saturated carbocycles. The molecule has 0 aromatic carbocycles. The molecule has 1 aliphatic rings. The summed E-state index contributed by atoms with van der Waals surface area (Å²) in [5.41, 5.74) is 0. The highest BCUT2D eigenvalue weighted by Gasteiger charge is 2.27. The second-order valence-electron chi connectivity index (χ2n) is 4.58. The summed E-state index contributed by atoms with van der Waals surface area (Å²) < 4.78 is 0. The number of nitrogens with one attached hydrogen (secondary N) is 3. The molecule has 1 saturated heterocycles. The maximum atomic E-state index is 12.2. The molecule has 2 atom stereocenters. The van der Waals surface area contributed by atoms with E-state index in [1.165, 1.54) is 0 Å². The van der Waals surface area contributed by atoms with E-state index in [4.69, 9.17) is 0 Å². The Kier molecular flexibility index (Phi) is 6.07. The maximum Gasteiger partial charge on any atom is 0.241 e. The highest BCUT2D eigenvalue weighted by molar-refractivity contribution is 5.87. The van der Waals surface area contributed by atoms with Crippen molar-refractivity contribution < 1.29 is 9.59 Å². The van der Waals surface area contributed by atoms with Crippen LogP contribution in [0.15, 0.2) is 0 Å². The highest BCUT2D eigenvalue weighted by Crippen LogP contribution is 1.99. The topological polar surface area (TPSA) is 73.5 Å². The fourth-order valence-corrected chi connectivity index (χ4v) is 1.95. The van der Waals surface area contributed by atoms with Crippen molar-refractivity contribution in [2.24, 2.45) is 0 Å². The van der Waals surface area contributed by atoms with Gasteiger partial charge >= 0.3 is 0 Å². The molecule has 0 spiro atoms. The molecular formula is C12H24N4O2. The zero-order valence-electron chi connectivity index (χ0n) is 11.5. The molecule has 0 bridgehead atoms. The van der Waals surface area contributed by atoms with Gasteiger partial charge in [-0.1, -0.05) is 0 Å². The second-order valence-corrected chi connectivity index (χ2v) is 4.58. The molecule has 1 aliphatic heterocycles. The fraction of sp³-hybridized carbons (Fsp3) is 0.833. The lowest BCUT2D eigenvalue weighted by Crippen LogP contribution is -2.60. The number of hydrogen-bond donors (Lipinski definition) is 3. The van der Waals surface area contributed by atoms with Gasteiger partial charge in [-0.2, -0.15) is 0 Å². The number of rotatable bonds is 5. The van der Waals surface area contributed by atoms with Crippen LogP contribution in [0.4, 0.5) is 0 Å². The fourth-order valence-electron chi connectivity index (χ4n) is 1.95. The highest BCUT2D eigenvalue weighted by atomic mass is 16.2. The molecule has 6 nitrogen and oxygen atoms in total. The van der Waals surface area contributed by atoms with Crippen molar-refractivity contribution in [1.29, 1.82) is 0 Å². The van der Waals surface area contributed by atoms with Gasteiger partial charge in [-0.25, -0.2) is 0 Å². The van der Waals surface area contributed by atoms with Gasteiger partial charge in [-0.3, -0.25) is 9.59 Å². The van der Waals surface area contributed by atoms with E-state index in [2.05, 4.69) is 22.9 Å². The Balaban J connectivity index is 2.48. The van der Waals surface area contributed by atoms with Crippen molar-refractivity contribution in [1.82, 2.24) is 20.9 Å². The Morgan fingerprint density at radius 3 is 2.50 bits per heavy atom. The molecule has 1 heterocycles. The largest absolute Gasteiger partial charge is 0.355 e. The molecule has 1 rings (SSSR count). The molecule has 2 amide bonds. The SMILES string of the molecule is CCNC(=O)CN(CC)C(=O)C1CNC(C)CN1. The predicted octanol–water partition coefficient (Wildman–Crippen LogP) is -1.08. The van der Waals surface area contributed by atoms with Crippen molar-refractivity contribution in [3.63, 3.8) is 0 Å². The van der Waals surface area contributed by atoms with Crippen LogP contribution in [-0.4, -0.2) is 61.5 Å². The Labute approximate surface area is 108 Å². The molecule has 0 aliphatic carbocycles. The van der Waals surface area contributed by atoms with Crippen LogP contribution >= 0.6 is 0 Å². The predicted molar refractivity (Wildman–Crippen MR) is 70.2 cm³/mol. The van der Waals surface area contributed by atoms with Gasteiger partial charge in [0.15, 0.2) is 0 Å². The first-order chi connectivity index (χ1) is 8.58. The summed E-state index contributed by atoms with van der Waals surface area (Å²) >= 11 is 0. The van der Waals surface area contributed by atoms with Gasteiger partial charge in [-0.05, 0) is 20.8 Å². The first-order valence-corrected chi connectivity index (χ1v) is 6.60. The van der Waals surface area contributed by atoms with Gasteiger partial charge in [0.25, 0.3) is 0 Å². The van der Waals surface area contributed by atoms with E-state index in [9.17, 15) is 9.59 Å². The van der Waals surface area contributed by atoms with Crippen LogP contribution in [0.2, 0.25) is 0 Å². The third kappa shape index (κ3) is 4.27. The molecule has 0 aromatic heterocycles. The number of carbonyl (C=O) groups excluding carboxylic acids is 2. The number of likely N-dealkylation sites (N-methyl/N-ethyl adjacent to an activating group) is 2. The number of hydrogen-bond acceptors (Lipinski definition) is 4. The summed E-state index contributed by atoms with van der Waals surface area (Å²) in [4.78, 5) is 25.3. The molecule has 18 heavy (non-hydrogen) atoms. The van der Waals surface area contributed by atoms with Crippen LogP contribution in [0, 0.1) is 0 Å². The van der Waals surface area contributed by atoms with E-state index < -0.39 is 0 Å². The molecule has 3 N–H and O–H groups in total. The van der Waals surface area contributed by atoms with E-state index in [1.54, 1.807) is 4.90 Å². The van der Waals surface area contributed by atoms with Crippen molar-refractivity contribution in [2.75, 3.05) is 32.7 Å². The van der Waals surface area contributed by atoms with Crippen molar-refractivity contribution in [2.45, 2.75) is 32.9 Å². The summed E-state index contributed by atoms with van der Waals surface area (Å²) in [6.07, 6.45) is 0. The standard InChI is InChI=1S/C12H24N4O2/c1-4-13-11(17)8-16(5-2)12(18)10-7-14-9(3)6-15-10/h9-10,14-15H,4-8H2,1-3H3,(H,13,17). The van der Waals surface area contributed by atoms with Crippen molar-refractivity contribution in [3.8, 4) is 0 Å². The Morgan fingerprint density at radius 1 is 1.28 bits per heavy atom. The Bertz CT molecular complexity index is 288.